The highest BCUT2D eigenvalue weighted by Crippen LogP contribution is 2.36. The lowest BCUT2D eigenvalue weighted by Gasteiger charge is -2.28. The highest BCUT2D eigenvalue weighted by Gasteiger charge is 2.33. The Morgan fingerprint density at radius 1 is 1.22 bits per heavy atom. The van der Waals surface area contributed by atoms with Gasteiger partial charge in [-0.15, -0.1) is 0 Å². The van der Waals surface area contributed by atoms with Crippen molar-refractivity contribution in [2.45, 2.75) is 58.5 Å². The van der Waals surface area contributed by atoms with Gasteiger partial charge in [-0.1, -0.05) is 44.2 Å². The second kappa shape index (κ2) is 9.82. The summed E-state index contributed by atoms with van der Waals surface area (Å²) in [5.74, 6) is 1.69. The van der Waals surface area contributed by atoms with Crippen LogP contribution in [0, 0.1) is 5.92 Å². The summed E-state index contributed by atoms with van der Waals surface area (Å²) >= 11 is 0. The molecule has 32 heavy (non-hydrogen) atoms. The summed E-state index contributed by atoms with van der Waals surface area (Å²) in [6.07, 6.45) is 5.68. The van der Waals surface area contributed by atoms with E-state index in [1.54, 1.807) is 0 Å². The number of nitrogens with one attached hydrogen (secondary N) is 1. The molecule has 3 heterocycles. The van der Waals surface area contributed by atoms with E-state index in [-0.39, 0.29) is 11.9 Å². The number of fused-ring (bicyclic) bond motifs is 1. The van der Waals surface area contributed by atoms with Crippen LogP contribution in [0.4, 0.5) is 0 Å². The third kappa shape index (κ3) is 4.70. The smallest absolute Gasteiger partial charge is 0.222 e. The molecule has 2 aromatic heterocycles. The molecule has 1 fully saturated rings. The van der Waals surface area contributed by atoms with E-state index in [1.165, 1.54) is 0 Å². The number of amides is 1. The number of aromatic nitrogens is 3. The Hall–Kier alpha value is -2.73. The molecule has 170 valence electrons. The van der Waals surface area contributed by atoms with Crippen LogP contribution in [-0.2, 0) is 4.79 Å². The maximum Gasteiger partial charge on any atom is 0.222 e. The average molecular weight is 434 g/mol. The fourth-order valence-electron chi connectivity index (χ4n) is 4.85. The number of benzene rings is 1. The number of aromatic amines is 1. The van der Waals surface area contributed by atoms with E-state index in [9.17, 15) is 4.79 Å². The fourth-order valence-corrected chi connectivity index (χ4v) is 4.85. The Morgan fingerprint density at radius 2 is 2.00 bits per heavy atom. The number of carbonyl (C=O) groups is 1. The van der Waals surface area contributed by atoms with Crippen LogP contribution in [0.15, 0.2) is 42.6 Å². The first kappa shape index (κ1) is 22.5. The summed E-state index contributed by atoms with van der Waals surface area (Å²) in [5, 5.41) is 0. The highest BCUT2D eigenvalue weighted by atomic mass is 16.2. The summed E-state index contributed by atoms with van der Waals surface area (Å²) in [6.45, 7) is 7.89. The molecule has 4 rings (SSSR count). The van der Waals surface area contributed by atoms with Gasteiger partial charge in [0.25, 0.3) is 0 Å². The number of likely N-dealkylation sites (tertiary alicyclic amines) is 1. The second-order valence-corrected chi connectivity index (χ2v) is 9.32. The van der Waals surface area contributed by atoms with E-state index in [4.69, 9.17) is 4.98 Å². The zero-order chi connectivity index (χ0) is 22.7. The van der Waals surface area contributed by atoms with E-state index < -0.39 is 0 Å². The first-order chi connectivity index (χ1) is 15.5. The maximum absolute atomic E-state index is 12.5. The van der Waals surface area contributed by atoms with Crippen LogP contribution in [-0.4, -0.2) is 56.8 Å². The second-order valence-electron chi connectivity index (χ2n) is 9.32. The van der Waals surface area contributed by atoms with Gasteiger partial charge in [0, 0.05) is 37.3 Å². The molecule has 1 amide bonds. The van der Waals surface area contributed by atoms with Crippen LogP contribution in [0.1, 0.15) is 58.3 Å². The molecular weight excluding hydrogens is 398 g/mol. The SMILES string of the molecule is CCN(CCC1CCC(c2nc3c(-c4ccccc4)nccc3[nH]2)N1C)C(=O)CC(C)C. The molecular formula is C26H35N5O. The molecule has 1 saturated heterocycles. The number of hydrogen-bond acceptors (Lipinski definition) is 4. The number of carbonyl (C=O) groups excluding carboxylic acids is 1. The van der Waals surface area contributed by atoms with E-state index in [0.717, 1.165) is 60.5 Å². The third-order valence-electron chi connectivity index (χ3n) is 6.67. The summed E-state index contributed by atoms with van der Waals surface area (Å²) in [7, 11) is 2.19. The summed E-state index contributed by atoms with van der Waals surface area (Å²) in [5.41, 5.74) is 3.97. The predicted octanol–water partition coefficient (Wildman–Crippen LogP) is 5.04. The van der Waals surface area contributed by atoms with Gasteiger partial charge in [0.2, 0.25) is 5.91 Å². The average Bonchev–Trinajstić information content (AvgIpc) is 3.37. The zero-order valence-electron chi connectivity index (χ0n) is 19.7. The van der Waals surface area contributed by atoms with Gasteiger partial charge in [0.15, 0.2) is 0 Å². The van der Waals surface area contributed by atoms with E-state index in [1.807, 2.05) is 35.4 Å². The summed E-state index contributed by atoms with van der Waals surface area (Å²) < 4.78 is 0. The van der Waals surface area contributed by atoms with Crippen molar-refractivity contribution in [2.24, 2.45) is 5.92 Å². The number of rotatable bonds is 8. The minimum Gasteiger partial charge on any atom is -0.343 e. The third-order valence-corrected chi connectivity index (χ3v) is 6.67. The Bertz CT molecular complexity index is 1040. The van der Waals surface area contributed by atoms with Gasteiger partial charge in [-0.3, -0.25) is 14.7 Å². The lowest BCUT2D eigenvalue weighted by Crippen LogP contribution is -2.36. The molecule has 2 atom stereocenters. The van der Waals surface area contributed by atoms with Crippen molar-refractivity contribution >= 4 is 16.9 Å². The van der Waals surface area contributed by atoms with Crippen molar-refractivity contribution in [3.05, 3.63) is 48.4 Å². The molecule has 0 radical (unpaired) electrons. The quantitative estimate of drug-likeness (QED) is 0.540. The van der Waals surface area contributed by atoms with Crippen molar-refractivity contribution in [2.75, 3.05) is 20.1 Å². The Kier molecular flexibility index (Phi) is 6.89. The van der Waals surface area contributed by atoms with Gasteiger partial charge >= 0.3 is 0 Å². The van der Waals surface area contributed by atoms with Crippen molar-refractivity contribution in [3.63, 3.8) is 0 Å². The molecule has 2 unspecified atom stereocenters. The first-order valence-corrected chi connectivity index (χ1v) is 11.9. The van der Waals surface area contributed by atoms with Crippen molar-refractivity contribution < 1.29 is 4.79 Å². The van der Waals surface area contributed by atoms with E-state index in [2.05, 4.69) is 54.8 Å². The Morgan fingerprint density at radius 3 is 2.72 bits per heavy atom. The van der Waals surface area contributed by atoms with Crippen molar-refractivity contribution in [3.8, 4) is 11.3 Å². The van der Waals surface area contributed by atoms with Crippen molar-refractivity contribution in [1.82, 2.24) is 24.8 Å². The molecule has 0 saturated carbocycles. The number of H-pyrrole nitrogens is 1. The van der Waals surface area contributed by atoms with Gasteiger partial charge in [0.05, 0.1) is 17.3 Å². The standard InChI is InChI=1S/C26H35N5O/c1-5-31(23(32)17-18(2)3)16-14-20-11-12-22(30(20)4)26-28-21-13-15-27-24(25(21)29-26)19-9-7-6-8-10-19/h6-10,13,15,18,20,22H,5,11-12,14,16-17H2,1-4H3,(H,28,29). The molecule has 0 spiro atoms. The zero-order valence-corrected chi connectivity index (χ0v) is 19.7. The largest absolute Gasteiger partial charge is 0.343 e. The van der Waals surface area contributed by atoms with Crippen LogP contribution in [0.25, 0.3) is 22.3 Å². The van der Waals surface area contributed by atoms with Gasteiger partial charge in [-0.25, -0.2) is 4.98 Å². The first-order valence-electron chi connectivity index (χ1n) is 11.9. The number of nitrogens with zero attached hydrogens (tertiary/aromatic N) is 4. The predicted molar refractivity (Wildman–Crippen MR) is 129 cm³/mol. The molecule has 0 bridgehead atoms. The van der Waals surface area contributed by atoms with E-state index >= 15 is 0 Å². The number of hydrogen-bond donors (Lipinski definition) is 1. The Balaban J connectivity index is 1.47. The summed E-state index contributed by atoms with van der Waals surface area (Å²) in [4.78, 5) is 30.1. The molecule has 0 aliphatic carbocycles. The lowest BCUT2D eigenvalue weighted by atomic mass is 10.1. The van der Waals surface area contributed by atoms with Gasteiger partial charge in [-0.05, 0) is 45.2 Å². The Labute approximate surface area is 191 Å². The fraction of sp³-hybridized carbons (Fsp3) is 0.500. The molecule has 1 aliphatic rings. The minimum atomic E-state index is 0.262. The van der Waals surface area contributed by atoms with E-state index in [0.29, 0.717) is 18.4 Å². The molecule has 3 aromatic rings. The highest BCUT2D eigenvalue weighted by molar-refractivity contribution is 5.89. The van der Waals surface area contributed by atoms with Crippen LogP contribution < -0.4 is 0 Å². The van der Waals surface area contributed by atoms with Gasteiger partial charge < -0.3 is 9.88 Å². The van der Waals surface area contributed by atoms with Crippen LogP contribution in [0.3, 0.4) is 0 Å². The maximum atomic E-state index is 12.5. The van der Waals surface area contributed by atoms with Crippen LogP contribution >= 0.6 is 0 Å². The van der Waals surface area contributed by atoms with Gasteiger partial charge in [-0.2, -0.15) is 0 Å². The lowest BCUT2D eigenvalue weighted by molar-refractivity contribution is -0.132. The minimum absolute atomic E-state index is 0.262. The van der Waals surface area contributed by atoms with Crippen LogP contribution in [0.5, 0.6) is 0 Å². The van der Waals surface area contributed by atoms with Crippen molar-refractivity contribution in [1.29, 1.82) is 0 Å². The van der Waals surface area contributed by atoms with Crippen LogP contribution in [0.2, 0.25) is 0 Å². The molecule has 6 heteroatoms. The van der Waals surface area contributed by atoms with Gasteiger partial charge in [0.1, 0.15) is 11.3 Å². The molecule has 1 aliphatic heterocycles. The molecule has 1 N–H and O–H groups in total. The topological polar surface area (TPSA) is 65.1 Å². The molecule has 1 aromatic carbocycles. The number of pyridine rings is 1. The monoisotopic (exact) mass is 433 g/mol. The normalized spacial score (nSPS) is 19.2. The number of imidazole rings is 1. The molecule has 6 nitrogen and oxygen atoms in total. The summed E-state index contributed by atoms with van der Waals surface area (Å²) in [6, 6.07) is 13.0.